The highest BCUT2D eigenvalue weighted by Crippen LogP contribution is 2.51. The summed E-state index contributed by atoms with van der Waals surface area (Å²) in [6, 6.07) is 13.6. The van der Waals surface area contributed by atoms with Crippen LogP contribution in [0.4, 0.5) is 0 Å². The van der Waals surface area contributed by atoms with Gasteiger partial charge in [-0.15, -0.1) is 11.3 Å². The van der Waals surface area contributed by atoms with E-state index in [1.54, 1.807) is 17.7 Å². The van der Waals surface area contributed by atoms with Crippen molar-refractivity contribution in [3.05, 3.63) is 70.4 Å². The van der Waals surface area contributed by atoms with Crippen LogP contribution < -0.4 is 0 Å². The quantitative estimate of drug-likeness (QED) is 0.348. The average Bonchev–Trinajstić information content (AvgIpc) is 3.24. The molecule has 2 aromatic carbocycles. The lowest BCUT2D eigenvalue weighted by Crippen LogP contribution is -2.15. The molecule has 0 amide bonds. The molecule has 0 atom stereocenters. The predicted octanol–water partition coefficient (Wildman–Crippen LogP) is 7.43. The van der Waals surface area contributed by atoms with Crippen LogP contribution in [-0.4, -0.2) is 9.97 Å². The van der Waals surface area contributed by atoms with E-state index in [4.69, 9.17) is 4.98 Å². The van der Waals surface area contributed by atoms with Crippen molar-refractivity contribution < 1.29 is 0 Å². The topological polar surface area (TPSA) is 25.8 Å². The maximum Gasteiger partial charge on any atom is 0.116 e. The Morgan fingerprint density at radius 2 is 1.80 bits per heavy atom. The lowest BCUT2D eigenvalue weighted by atomic mass is 9.81. The van der Waals surface area contributed by atoms with Crippen molar-refractivity contribution in [2.75, 3.05) is 0 Å². The molecule has 1 aliphatic rings. The second-order valence-corrected chi connectivity index (χ2v) is 10.2. The minimum absolute atomic E-state index is 0.00371. The fourth-order valence-electron chi connectivity index (χ4n) is 5.01. The molecule has 2 aromatic heterocycles. The Morgan fingerprint density at radius 1 is 1.00 bits per heavy atom. The van der Waals surface area contributed by atoms with Crippen LogP contribution in [0.2, 0.25) is 0 Å². The Balaban J connectivity index is 1.74. The summed E-state index contributed by atoms with van der Waals surface area (Å²) < 4.78 is 1.21. The van der Waals surface area contributed by atoms with Gasteiger partial charge in [-0.05, 0) is 69.7 Å². The Labute approximate surface area is 183 Å². The fourth-order valence-corrected chi connectivity index (χ4v) is 6.06. The van der Waals surface area contributed by atoms with E-state index in [-0.39, 0.29) is 5.41 Å². The smallest absolute Gasteiger partial charge is 0.116 e. The van der Waals surface area contributed by atoms with Crippen LogP contribution in [0.3, 0.4) is 0 Å². The van der Waals surface area contributed by atoms with E-state index in [0.717, 1.165) is 24.1 Å². The number of benzene rings is 2. The zero-order valence-corrected chi connectivity index (χ0v) is 19.2. The molecule has 2 nitrogen and oxygen atoms in total. The minimum Gasteiger partial charge on any atom is -0.235 e. The third-order valence-electron chi connectivity index (χ3n) is 6.47. The van der Waals surface area contributed by atoms with Gasteiger partial charge in [-0.3, -0.25) is 0 Å². The molecular formula is C27H28N2S. The molecule has 0 spiro atoms. The highest BCUT2D eigenvalue weighted by molar-refractivity contribution is 7.17. The summed E-state index contributed by atoms with van der Waals surface area (Å²) in [6.45, 7) is 11.5. The lowest BCUT2D eigenvalue weighted by molar-refractivity contribution is 0.650. The first-order chi connectivity index (χ1) is 14.4. The van der Waals surface area contributed by atoms with Gasteiger partial charge in [-0.25, -0.2) is 9.97 Å². The molecule has 30 heavy (non-hydrogen) atoms. The number of nitrogens with zero attached hydrogens (tertiary/aromatic N) is 2. The van der Waals surface area contributed by atoms with Gasteiger partial charge in [0.05, 0.1) is 15.9 Å². The maximum absolute atomic E-state index is 4.77. The van der Waals surface area contributed by atoms with Gasteiger partial charge in [0.1, 0.15) is 6.33 Å². The van der Waals surface area contributed by atoms with Crippen molar-refractivity contribution in [1.29, 1.82) is 0 Å². The summed E-state index contributed by atoms with van der Waals surface area (Å²) in [5.41, 5.74) is 11.8. The van der Waals surface area contributed by atoms with E-state index in [9.17, 15) is 0 Å². The number of thiophene rings is 1. The van der Waals surface area contributed by atoms with Gasteiger partial charge in [0, 0.05) is 11.0 Å². The maximum atomic E-state index is 4.77. The number of aryl methyl sites for hydroxylation is 1. The fraction of sp³-hybridized carbons (Fsp3) is 0.333. The third-order valence-corrected chi connectivity index (χ3v) is 7.50. The standard InChI is InChI=1S/C27H28N2S/c1-6-17-12-18(13-22-23(17)20-9-7-8-10-21(20)27(22,4)5)24-26-25(29-15-28-24)19(14-30-26)11-16(2)3/h7-10,12-16H,6,11H2,1-5H3. The van der Waals surface area contributed by atoms with Gasteiger partial charge in [0.2, 0.25) is 0 Å². The Kier molecular flexibility index (Phi) is 4.55. The zero-order valence-electron chi connectivity index (χ0n) is 18.4. The first kappa shape index (κ1) is 19.4. The highest BCUT2D eigenvalue weighted by Gasteiger charge is 2.36. The SMILES string of the molecule is CCc1cc(-c2ncnc3c(CC(C)C)csc23)cc2c1-c1ccccc1C2(C)C. The molecule has 1 aliphatic carbocycles. The Hall–Kier alpha value is -2.52. The van der Waals surface area contributed by atoms with Crippen LogP contribution in [0.15, 0.2) is 48.1 Å². The number of aromatic nitrogens is 2. The highest BCUT2D eigenvalue weighted by atomic mass is 32.1. The van der Waals surface area contributed by atoms with Crippen molar-refractivity contribution in [2.45, 2.75) is 52.9 Å². The first-order valence-electron chi connectivity index (χ1n) is 10.9. The van der Waals surface area contributed by atoms with Crippen LogP contribution in [0.25, 0.3) is 32.6 Å². The number of hydrogen-bond donors (Lipinski definition) is 0. The van der Waals surface area contributed by atoms with Crippen molar-refractivity contribution in [3.8, 4) is 22.4 Å². The molecule has 0 N–H and O–H groups in total. The molecule has 152 valence electrons. The molecular weight excluding hydrogens is 384 g/mol. The monoisotopic (exact) mass is 412 g/mol. The molecule has 0 unspecified atom stereocenters. The van der Waals surface area contributed by atoms with E-state index in [1.165, 1.54) is 43.6 Å². The Bertz CT molecular complexity index is 1260. The average molecular weight is 413 g/mol. The summed E-state index contributed by atoms with van der Waals surface area (Å²) >= 11 is 1.79. The van der Waals surface area contributed by atoms with Crippen LogP contribution in [0, 0.1) is 5.92 Å². The van der Waals surface area contributed by atoms with E-state index in [2.05, 4.69) is 81.4 Å². The van der Waals surface area contributed by atoms with Gasteiger partial charge in [0.15, 0.2) is 0 Å². The van der Waals surface area contributed by atoms with Gasteiger partial charge in [-0.2, -0.15) is 0 Å². The molecule has 4 aromatic rings. The van der Waals surface area contributed by atoms with Gasteiger partial charge >= 0.3 is 0 Å². The molecule has 3 heteroatoms. The van der Waals surface area contributed by atoms with Gasteiger partial charge in [0.25, 0.3) is 0 Å². The zero-order chi connectivity index (χ0) is 21.0. The molecule has 0 saturated heterocycles. The largest absolute Gasteiger partial charge is 0.235 e. The van der Waals surface area contributed by atoms with E-state index in [0.29, 0.717) is 5.92 Å². The van der Waals surface area contributed by atoms with Crippen LogP contribution in [-0.2, 0) is 18.3 Å². The van der Waals surface area contributed by atoms with Crippen molar-refractivity contribution in [3.63, 3.8) is 0 Å². The second-order valence-electron chi connectivity index (χ2n) is 9.34. The minimum atomic E-state index is -0.00371. The number of hydrogen-bond acceptors (Lipinski definition) is 3. The van der Waals surface area contributed by atoms with E-state index < -0.39 is 0 Å². The molecule has 2 heterocycles. The van der Waals surface area contributed by atoms with Crippen molar-refractivity contribution in [1.82, 2.24) is 9.97 Å². The number of rotatable bonds is 4. The normalized spacial score (nSPS) is 14.3. The molecule has 0 bridgehead atoms. The molecule has 0 saturated carbocycles. The van der Waals surface area contributed by atoms with Crippen molar-refractivity contribution in [2.24, 2.45) is 5.92 Å². The summed E-state index contributed by atoms with van der Waals surface area (Å²) in [6.07, 6.45) is 3.81. The molecule has 0 aliphatic heterocycles. The Morgan fingerprint density at radius 3 is 2.57 bits per heavy atom. The summed E-state index contributed by atoms with van der Waals surface area (Å²) in [4.78, 5) is 9.42. The van der Waals surface area contributed by atoms with Crippen LogP contribution in [0.5, 0.6) is 0 Å². The van der Waals surface area contributed by atoms with Gasteiger partial charge in [-0.1, -0.05) is 58.9 Å². The third kappa shape index (κ3) is 2.83. The van der Waals surface area contributed by atoms with E-state index in [1.807, 2.05) is 0 Å². The van der Waals surface area contributed by atoms with Crippen molar-refractivity contribution >= 4 is 21.6 Å². The lowest BCUT2D eigenvalue weighted by Gasteiger charge is -2.22. The predicted molar refractivity (Wildman–Crippen MR) is 128 cm³/mol. The second kappa shape index (κ2) is 7.02. The molecule has 0 radical (unpaired) electrons. The van der Waals surface area contributed by atoms with Crippen LogP contribution >= 0.6 is 11.3 Å². The number of fused-ring (bicyclic) bond motifs is 4. The van der Waals surface area contributed by atoms with Crippen LogP contribution in [0.1, 0.15) is 56.9 Å². The first-order valence-corrected chi connectivity index (χ1v) is 11.8. The summed E-state index contributed by atoms with van der Waals surface area (Å²) in [5.74, 6) is 0.618. The molecule has 0 fully saturated rings. The van der Waals surface area contributed by atoms with Gasteiger partial charge < -0.3 is 0 Å². The summed E-state index contributed by atoms with van der Waals surface area (Å²) in [5, 5.41) is 2.27. The van der Waals surface area contributed by atoms with E-state index >= 15 is 0 Å². The molecule has 5 rings (SSSR count). The summed E-state index contributed by atoms with van der Waals surface area (Å²) in [7, 11) is 0.